The largest absolute Gasteiger partial charge is 0.345 e. The summed E-state index contributed by atoms with van der Waals surface area (Å²) >= 11 is 6.19. The van der Waals surface area contributed by atoms with E-state index in [4.69, 9.17) is 11.6 Å². The van der Waals surface area contributed by atoms with E-state index in [1.54, 1.807) is 25.1 Å². The molecule has 5 nitrogen and oxygen atoms in total. The predicted octanol–water partition coefficient (Wildman–Crippen LogP) is 5.41. The van der Waals surface area contributed by atoms with Gasteiger partial charge in [0.25, 0.3) is 0 Å². The van der Waals surface area contributed by atoms with Crippen molar-refractivity contribution >= 4 is 33.2 Å². The molecule has 1 N–H and O–H groups in total. The first-order chi connectivity index (χ1) is 15.7. The Labute approximate surface area is 201 Å². The molecule has 0 bridgehead atoms. The van der Waals surface area contributed by atoms with Crippen molar-refractivity contribution in [3.8, 4) is 0 Å². The molecule has 0 aliphatic rings. The number of amides is 1. The Morgan fingerprint density at radius 1 is 0.939 bits per heavy atom. The molecule has 174 valence electrons. The van der Waals surface area contributed by atoms with Gasteiger partial charge in [-0.2, -0.15) is 0 Å². The fourth-order valence-corrected chi connectivity index (χ4v) is 4.90. The van der Waals surface area contributed by atoms with Crippen LogP contribution in [0.2, 0.25) is 5.02 Å². The average Bonchev–Trinajstić information content (AvgIpc) is 2.78. The first-order valence-corrected chi connectivity index (χ1v) is 13.0. The Kier molecular flexibility index (Phi) is 8.16. The van der Waals surface area contributed by atoms with Crippen molar-refractivity contribution < 1.29 is 13.2 Å². The normalized spacial score (nSPS) is 12.2. The quantitative estimate of drug-likeness (QED) is 0.441. The summed E-state index contributed by atoms with van der Waals surface area (Å²) in [6.45, 7) is 4.00. The maximum Gasteiger partial charge on any atom is 0.232 e. The van der Waals surface area contributed by atoms with Crippen LogP contribution in [0.1, 0.15) is 41.1 Å². The van der Waals surface area contributed by atoms with E-state index in [-0.39, 0.29) is 24.9 Å². The monoisotopic (exact) mass is 484 g/mol. The number of sulfonamides is 1. The number of hydrogen-bond acceptors (Lipinski definition) is 3. The van der Waals surface area contributed by atoms with Gasteiger partial charge in [-0.05, 0) is 49.1 Å². The van der Waals surface area contributed by atoms with Gasteiger partial charge < -0.3 is 5.32 Å². The molecule has 3 aromatic carbocycles. The summed E-state index contributed by atoms with van der Waals surface area (Å²) in [4.78, 5) is 12.9. The highest BCUT2D eigenvalue weighted by Gasteiger charge is 2.21. The number of rotatable bonds is 9. The van der Waals surface area contributed by atoms with Crippen molar-refractivity contribution in [1.82, 2.24) is 5.32 Å². The van der Waals surface area contributed by atoms with Gasteiger partial charge in [0.2, 0.25) is 15.9 Å². The first-order valence-electron chi connectivity index (χ1n) is 10.8. The number of nitrogens with zero attached hydrogens (tertiary/aromatic N) is 1. The molecule has 0 fully saturated rings. The summed E-state index contributed by atoms with van der Waals surface area (Å²) < 4.78 is 26.2. The van der Waals surface area contributed by atoms with Gasteiger partial charge >= 0.3 is 0 Å². The second kappa shape index (κ2) is 10.9. The minimum Gasteiger partial charge on any atom is -0.345 e. The predicted molar refractivity (Wildman–Crippen MR) is 135 cm³/mol. The van der Waals surface area contributed by atoms with Gasteiger partial charge in [-0.25, -0.2) is 8.42 Å². The van der Waals surface area contributed by atoms with Crippen LogP contribution in [0.4, 0.5) is 5.69 Å². The lowest BCUT2D eigenvalue weighted by Crippen LogP contribution is -2.33. The van der Waals surface area contributed by atoms with Crippen molar-refractivity contribution in [1.29, 1.82) is 0 Å². The number of benzene rings is 3. The summed E-state index contributed by atoms with van der Waals surface area (Å²) in [5, 5.41) is 3.62. The molecule has 1 amide bonds. The molecule has 0 unspecified atom stereocenters. The third kappa shape index (κ3) is 6.59. The van der Waals surface area contributed by atoms with Gasteiger partial charge in [-0.3, -0.25) is 9.10 Å². The molecule has 0 aliphatic heterocycles. The third-order valence-corrected chi connectivity index (χ3v) is 7.11. The number of hydrogen-bond donors (Lipinski definition) is 1. The average molecular weight is 485 g/mol. The van der Waals surface area contributed by atoms with E-state index in [0.717, 1.165) is 22.9 Å². The fourth-order valence-electron chi connectivity index (χ4n) is 3.71. The lowest BCUT2D eigenvalue weighted by Gasteiger charge is -2.25. The maximum atomic E-state index is 12.9. The van der Waals surface area contributed by atoms with E-state index in [9.17, 15) is 13.2 Å². The lowest BCUT2D eigenvalue weighted by molar-refractivity contribution is -0.121. The van der Waals surface area contributed by atoms with Gasteiger partial charge in [0.1, 0.15) is 0 Å². The van der Waals surface area contributed by atoms with Crippen LogP contribution < -0.4 is 9.62 Å². The van der Waals surface area contributed by atoms with Gasteiger partial charge in [0.05, 0.1) is 18.0 Å². The van der Waals surface area contributed by atoms with Crippen molar-refractivity contribution in [2.24, 2.45) is 0 Å². The summed E-state index contributed by atoms with van der Waals surface area (Å²) in [7, 11) is -3.53. The third-order valence-electron chi connectivity index (χ3n) is 5.52. The molecular formula is C26H29ClN2O3S. The highest BCUT2D eigenvalue weighted by Crippen LogP contribution is 2.28. The van der Waals surface area contributed by atoms with Gasteiger partial charge in [-0.1, -0.05) is 77.8 Å². The zero-order valence-corrected chi connectivity index (χ0v) is 20.7. The molecule has 0 heterocycles. The molecule has 0 aromatic heterocycles. The molecule has 7 heteroatoms. The molecule has 1 atom stereocenters. The van der Waals surface area contributed by atoms with Crippen molar-refractivity contribution in [3.05, 3.63) is 100 Å². The Morgan fingerprint density at radius 3 is 2.21 bits per heavy atom. The van der Waals surface area contributed by atoms with Crippen LogP contribution in [-0.2, 0) is 14.8 Å². The summed E-state index contributed by atoms with van der Waals surface area (Å²) in [6.07, 6.45) is 1.73. The van der Waals surface area contributed by atoms with Crippen molar-refractivity contribution in [2.75, 3.05) is 17.1 Å². The molecule has 33 heavy (non-hydrogen) atoms. The van der Waals surface area contributed by atoms with E-state index in [1.165, 1.54) is 4.31 Å². The van der Waals surface area contributed by atoms with Crippen molar-refractivity contribution in [3.63, 3.8) is 0 Å². The SMILES string of the molecule is Cc1ccc([C@@H](NC(=O)CCCN(c2cccc(Cl)c2C)S(C)(=O)=O)c2ccccc2)cc1. The van der Waals surface area contributed by atoms with E-state index < -0.39 is 10.0 Å². The number of anilines is 1. The zero-order valence-electron chi connectivity index (χ0n) is 19.1. The number of nitrogens with one attached hydrogen (secondary N) is 1. The van der Waals surface area contributed by atoms with E-state index in [0.29, 0.717) is 22.7 Å². The highest BCUT2D eigenvalue weighted by molar-refractivity contribution is 7.92. The fraction of sp³-hybridized carbons (Fsp3) is 0.269. The minimum absolute atomic E-state index is 0.138. The summed E-state index contributed by atoms with van der Waals surface area (Å²) in [5.41, 5.74) is 4.35. The van der Waals surface area contributed by atoms with Gasteiger partial charge in [0, 0.05) is 18.0 Å². The van der Waals surface area contributed by atoms with Crippen LogP contribution in [0.25, 0.3) is 0 Å². The van der Waals surface area contributed by atoms with Crippen LogP contribution in [0.3, 0.4) is 0 Å². The second-order valence-electron chi connectivity index (χ2n) is 8.14. The Hall–Kier alpha value is -2.83. The Balaban J connectivity index is 1.71. The molecule has 0 radical (unpaired) electrons. The summed E-state index contributed by atoms with van der Waals surface area (Å²) in [5.74, 6) is -0.138. The molecule has 0 saturated carbocycles. The van der Waals surface area contributed by atoms with E-state index in [1.807, 2.05) is 61.5 Å². The van der Waals surface area contributed by atoms with Crippen LogP contribution in [0.15, 0.2) is 72.8 Å². The van der Waals surface area contributed by atoms with Gasteiger partial charge in [0.15, 0.2) is 0 Å². The lowest BCUT2D eigenvalue weighted by atomic mass is 9.97. The smallest absolute Gasteiger partial charge is 0.232 e. The maximum absolute atomic E-state index is 12.9. The van der Waals surface area contributed by atoms with Crippen LogP contribution in [0.5, 0.6) is 0 Å². The minimum atomic E-state index is -3.53. The standard InChI is InChI=1S/C26H29ClN2O3S/c1-19-14-16-22(17-15-19)26(21-9-5-4-6-10-21)28-25(30)13-8-18-29(33(3,31)32)24-12-7-11-23(27)20(24)2/h4-7,9-12,14-17,26H,8,13,18H2,1-3H3,(H,28,30)/t26-/m0/s1. The molecule has 3 rings (SSSR count). The Morgan fingerprint density at radius 2 is 1.58 bits per heavy atom. The Bertz CT molecular complexity index is 1200. The van der Waals surface area contributed by atoms with Crippen LogP contribution in [-0.4, -0.2) is 27.1 Å². The van der Waals surface area contributed by atoms with Crippen molar-refractivity contribution in [2.45, 2.75) is 32.7 Å². The van der Waals surface area contributed by atoms with Gasteiger partial charge in [-0.15, -0.1) is 0 Å². The molecule has 0 saturated heterocycles. The number of aryl methyl sites for hydroxylation is 1. The van der Waals surface area contributed by atoms with E-state index in [2.05, 4.69) is 5.32 Å². The second-order valence-corrected chi connectivity index (χ2v) is 10.5. The molecular weight excluding hydrogens is 456 g/mol. The van der Waals surface area contributed by atoms with Crippen LogP contribution in [0, 0.1) is 13.8 Å². The molecule has 0 aliphatic carbocycles. The number of carbonyl (C=O) groups is 1. The zero-order chi connectivity index (χ0) is 24.0. The highest BCUT2D eigenvalue weighted by atomic mass is 35.5. The molecule has 3 aromatic rings. The summed E-state index contributed by atoms with van der Waals surface area (Å²) in [6, 6.07) is 22.8. The van der Waals surface area contributed by atoms with Crippen LogP contribution >= 0.6 is 11.6 Å². The first kappa shape index (κ1) is 24.8. The number of carbonyl (C=O) groups excluding carboxylic acids is 1. The molecule has 0 spiro atoms. The van der Waals surface area contributed by atoms with E-state index >= 15 is 0 Å². The topological polar surface area (TPSA) is 66.5 Å². The number of halogens is 1.